The molecule has 7 nitrogen and oxygen atoms in total. The number of amides is 1. The summed E-state index contributed by atoms with van der Waals surface area (Å²) in [5.74, 6) is -0.162. The van der Waals surface area contributed by atoms with Crippen LogP contribution in [0.5, 0.6) is 0 Å². The average molecular weight is 504 g/mol. The number of rotatable bonds is 5. The van der Waals surface area contributed by atoms with Crippen molar-refractivity contribution in [2.75, 3.05) is 13.1 Å². The van der Waals surface area contributed by atoms with Crippen molar-refractivity contribution in [3.8, 4) is 0 Å². The second-order valence-electron chi connectivity index (χ2n) is 8.80. The summed E-state index contributed by atoms with van der Waals surface area (Å²) in [6.45, 7) is 2.01. The summed E-state index contributed by atoms with van der Waals surface area (Å²) in [5.41, 5.74) is 2.05. The predicted molar refractivity (Wildman–Crippen MR) is 124 cm³/mol. The van der Waals surface area contributed by atoms with Crippen molar-refractivity contribution in [3.63, 3.8) is 0 Å². The summed E-state index contributed by atoms with van der Waals surface area (Å²) >= 11 is 1.57. The van der Waals surface area contributed by atoms with E-state index in [2.05, 4.69) is 10.3 Å². The van der Waals surface area contributed by atoms with E-state index in [9.17, 15) is 18.0 Å². The van der Waals surface area contributed by atoms with E-state index in [-0.39, 0.29) is 23.6 Å². The van der Waals surface area contributed by atoms with Crippen molar-refractivity contribution in [3.05, 3.63) is 69.4 Å². The molecule has 0 N–H and O–H groups in total. The van der Waals surface area contributed by atoms with Crippen LogP contribution in [0.25, 0.3) is 0 Å². The van der Waals surface area contributed by atoms with Gasteiger partial charge >= 0.3 is 6.18 Å². The SMILES string of the molecule is Cc1cc(C(F)(F)F)n(CC(=O)N2CCC(c3nc(C4=NO[C@@H](c5ccccc5)C4)cs3)CC2)n1. The average Bonchev–Trinajstić information content (AvgIpc) is 3.59. The Morgan fingerprint density at radius 3 is 2.66 bits per heavy atom. The highest BCUT2D eigenvalue weighted by molar-refractivity contribution is 7.10. The van der Waals surface area contributed by atoms with E-state index in [1.54, 1.807) is 16.2 Å². The molecule has 2 aliphatic heterocycles. The lowest BCUT2D eigenvalue weighted by atomic mass is 9.97. The number of carbonyl (C=O) groups is 1. The third kappa shape index (κ3) is 5.09. The Morgan fingerprint density at radius 1 is 1.20 bits per heavy atom. The van der Waals surface area contributed by atoms with Crippen molar-refractivity contribution in [1.82, 2.24) is 19.7 Å². The van der Waals surface area contributed by atoms with E-state index in [4.69, 9.17) is 9.82 Å². The lowest BCUT2D eigenvalue weighted by Gasteiger charge is -2.31. The number of aromatic nitrogens is 3. The number of oxime groups is 1. The number of piperidine rings is 1. The first kappa shape index (κ1) is 23.5. The fourth-order valence-corrected chi connectivity index (χ4v) is 5.48. The fraction of sp³-hybridized carbons (Fsp3) is 0.417. The molecule has 1 amide bonds. The first-order valence-electron chi connectivity index (χ1n) is 11.4. The summed E-state index contributed by atoms with van der Waals surface area (Å²) in [7, 11) is 0. The van der Waals surface area contributed by atoms with E-state index in [1.807, 2.05) is 35.7 Å². The van der Waals surface area contributed by atoms with Gasteiger partial charge in [0.05, 0.1) is 16.4 Å². The molecule has 1 fully saturated rings. The predicted octanol–water partition coefficient (Wildman–Crippen LogP) is 4.94. The highest BCUT2D eigenvalue weighted by Crippen LogP contribution is 2.34. The first-order chi connectivity index (χ1) is 16.8. The van der Waals surface area contributed by atoms with E-state index in [0.29, 0.717) is 32.4 Å². The monoisotopic (exact) mass is 503 g/mol. The zero-order valence-electron chi connectivity index (χ0n) is 19.0. The largest absolute Gasteiger partial charge is 0.433 e. The van der Waals surface area contributed by atoms with Crippen LogP contribution in [0.2, 0.25) is 0 Å². The summed E-state index contributed by atoms with van der Waals surface area (Å²) in [5, 5.41) is 11.1. The van der Waals surface area contributed by atoms with Gasteiger partial charge in [-0.3, -0.25) is 9.48 Å². The quantitative estimate of drug-likeness (QED) is 0.495. The molecule has 4 heterocycles. The number of carbonyl (C=O) groups excluding carboxylic acids is 1. The molecule has 2 aliphatic rings. The summed E-state index contributed by atoms with van der Waals surface area (Å²) in [6, 6.07) is 10.9. The number of hydrogen-bond donors (Lipinski definition) is 0. The van der Waals surface area contributed by atoms with Gasteiger partial charge < -0.3 is 9.74 Å². The molecule has 184 valence electrons. The molecule has 0 unspecified atom stereocenters. The molecule has 0 radical (unpaired) electrons. The smallest absolute Gasteiger partial charge is 0.387 e. The Labute approximate surface area is 204 Å². The molecule has 11 heteroatoms. The van der Waals surface area contributed by atoms with Gasteiger partial charge in [-0.25, -0.2) is 4.98 Å². The van der Waals surface area contributed by atoms with Crippen molar-refractivity contribution in [2.45, 2.75) is 50.9 Å². The van der Waals surface area contributed by atoms with Gasteiger partial charge in [-0.15, -0.1) is 11.3 Å². The highest BCUT2D eigenvalue weighted by Gasteiger charge is 2.36. The summed E-state index contributed by atoms with van der Waals surface area (Å²) in [4.78, 5) is 24.7. The van der Waals surface area contributed by atoms with Gasteiger partial charge in [0, 0.05) is 30.8 Å². The normalized spacial score (nSPS) is 19.0. The number of likely N-dealkylation sites (tertiary alicyclic amines) is 1. The van der Waals surface area contributed by atoms with Crippen molar-refractivity contribution < 1.29 is 22.8 Å². The Morgan fingerprint density at radius 2 is 1.94 bits per heavy atom. The highest BCUT2D eigenvalue weighted by atomic mass is 32.1. The van der Waals surface area contributed by atoms with Crippen LogP contribution in [-0.2, 0) is 22.4 Å². The van der Waals surface area contributed by atoms with E-state index < -0.39 is 18.4 Å². The third-order valence-corrected chi connectivity index (χ3v) is 7.34. The van der Waals surface area contributed by atoms with Gasteiger partial charge in [0.25, 0.3) is 0 Å². The van der Waals surface area contributed by atoms with Gasteiger partial charge in [-0.2, -0.15) is 18.3 Å². The van der Waals surface area contributed by atoms with Crippen LogP contribution in [0.1, 0.15) is 58.9 Å². The molecule has 0 saturated carbocycles. The van der Waals surface area contributed by atoms with E-state index in [0.717, 1.165) is 32.7 Å². The minimum atomic E-state index is -4.55. The molecular weight excluding hydrogens is 479 g/mol. The van der Waals surface area contributed by atoms with Crippen molar-refractivity contribution in [1.29, 1.82) is 0 Å². The van der Waals surface area contributed by atoms with Gasteiger partial charge in [-0.05, 0) is 31.4 Å². The van der Waals surface area contributed by atoms with Crippen molar-refractivity contribution in [2.24, 2.45) is 5.16 Å². The maximum absolute atomic E-state index is 13.2. The van der Waals surface area contributed by atoms with Crippen molar-refractivity contribution >= 4 is 23.0 Å². The molecule has 0 bridgehead atoms. The topological polar surface area (TPSA) is 72.6 Å². The standard InChI is InChI=1S/C24H24F3N5O2S/c1-15-11-21(24(25,26)27)32(29-15)13-22(33)31-9-7-17(8-10-31)23-28-19(14-35-23)18-12-20(34-30-18)16-5-3-2-4-6-16/h2-6,11,14,17,20H,7-10,12-13H2,1H3/t20-/m1/s1. The lowest BCUT2D eigenvalue weighted by Crippen LogP contribution is -2.40. The molecule has 35 heavy (non-hydrogen) atoms. The molecule has 0 aliphatic carbocycles. The van der Waals surface area contributed by atoms with E-state index in [1.165, 1.54) is 6.92 Å². The Balaban J connectivity index is 1.16. The van der Waals surface area contributed by atoms with Crippen LogP contribution in [0.3, 0.4) is 0 Å². The Bertz CT molecular complexity index is 1230. The summed E-state index contributed by atoms with van der Waals surface area (Å²) in [6.07, 6.45) is -2.58. The van der Waals surface area contributed by atoms with Crippen LogP contribution < -0.4 is 0 Å². The minimum absolute atomic E-state index is 0.109. The first-order valence-corrected chi connectivity index (χ1v) is 12.3. The third-order valence-electron chi connectivity index (χ3n) is 6.33. The Kier molecular flexibility index (Phi) is 6.35. The number of aryl methyl sites for hydroxylation is 1. The van der Waals surface area contributed by atoms with E-state index >= 15 is 0 Å². The van der Waals surface area contributed by atoms with Gasteiger partial charge in [0.2, 0.25) is 5.91 Å². The molecular formula is C24H24F3N5O2S. The zero-order valence-corrected chi connectivity index (χ0v) is 19.8. The number of alkyl halides is 3. The minimum Gasteiger partial charge on any atom is -0.387 e. The van der Waals surface area contributed by atoms with Gasteiger partial charge in [-0.1, -0.05) is 35.5 Å². The number of benzene rings is 1. The number of hydrogen-bond acceptors (Lipinski definition) is 6. The number of halogens is 3. The van der Waals surface area contributed by atoms with Crippen LogP contribution in [-0.4, -0.2) is 44.4 Å². The second kappa shape index (κ2) is 9.44. The Hall–Kier alpha value is -3.21. The molecule has 0 spiro atoms. The molecule has 5 rings (SSSR count). The van der Waals surface area contributed by atoms with Gasteiger partial charge in [0.1, 0.15) is 18.0 Å². The van der Waals surface area contributed by atoms with Crippen LogP contribution in [0.4, 0.5) is 13.2 Å². The molecule has 1 saturated heterocycles. The number of thiazole rings is 1. The molecule has 3 aromatic rings. The molecule has 1 atom stereocenters. The lowest BCUT2D eigenvalue weighted by molar-refractivity contribution is -0.146. The maximum atomic E-state index is 13.2. The molecule has 2 aromatic heterocycles. The zero-order chi connectivity index (χ0) is 24.6. The second-order valence-corrected chi connectivity index (χ2v) is 9.69. The van der Waals surface area contributed by atoms with Crippen LogP contribution in [0.15, 0.2) is 46.9 Å². The maximum Gasteiger partial charge on any atom is 0.433 e. The van der Waals surface area contributed by atoms with Crippen LogP contribution in [0, 0.1) is 6.92 Å². The van der Waals surface area contributed by atoms with Crippen LogP contribution >= 0.6 is 11.3 Å². The number of nitrogens with zero attached hydrogens (tertiary/aromatic N) is 5. The molecule has 1 aromatic carbocycles. The fourth-order valence-electron chi connectivity index (χ4n) is 4.48. The summed E-state index contributed by atoms with van der Waals surface area (Å²) < 4.78 is 40.4. The van der Waals surface area contributed by atoms with Gasteiger partial charge in [0.15, 0.2) is 6.10 Å².